The molecule has 0 aliphatic carbocycles. The molecule has 0 aromatic carbocycles. The fourth-order valence-corrected chi connectivity index (χ4v) is 2.58. The Morgan fingerprint density at radius 1 is 1.42 bits per heavy atom. The third kappa shape index (κ3) is 5.40. The van der Waals surface area contributed by atoms with Crippen LogP contribution in [0.15, 0.2) is 0 Å². The molecule has 1 rings (SSSR count). The van der Waals surface area contributed by atoms with E-state index in [2.05, 4.69) is 48.9 Å². The van der Waals surface area contributed by atoms with Gasteiger partial charge in [0.15, 0.2) is 0 Å². The van der Waals surface area contributed by atoms with Crippen LogP contribution in [0.1, 0.15) is 46.9 Å². The number of hydrogen-bond acceptors (Lipinski definition) is 5. The predicted octanol–water partition coefficient (Wildman–Crippen LogP) is 2.97. The molecule has 6 heteroatoms. The third-order valence-electron chi connectivity index (χ3n) is 2.57. The average molecular weight is 300 g/mol. The molecule has 1 aromatic rings. The van der Waals surface area contributed by atoms with Gasteiger partial charge in [-0.2, -0.15) is 4.37 Å². The Hall–Kier alpha value is -0.750. The molecule has 0 saturated carbocycles. The second-order valence-corrected chi connectivity index (χ2v) is 7.46. The third-order valence-corrected chi connectivity index (χ3v) is 3.55. The minimum atomic E-state index is -0.0125. The molecule has 0 atom stereocenters. The van der Waals surface area contributed by atoms with Crippen molar-refractivity contribution in [2.75, 3.05) is 18.0 Å². The van der Waals surface area contributed by atoms with Crippen LogP contribution in [0.5, 0.6) is 0 Å². The van der Waals surface area contributed by atoms with Crippen molar-refractivity contribution in [2.24, 2.45) is 11.7 Å². The highest BCUT2D eigenvalue weighted by Gasteiger charge is 2.22. The van der Waals surface area contributed by atoms with Crippen LogP contribution in [-0.2, 0) is 5.41 Å². The summed E-state index contributed by atoms with van der Waals surface area (Å²) in [7, 11) is 0. The zero-order chi connectivity index (χ0) is 14.6. The van der Waals surface area contributed by atoms with Gasteiger partial charge in [0.1, 0.15) is 5.82 Å². The average Bonchev–Trinajstić information content (AvgIpc) is 2.71. The number of hydrogen-bond donors (Lipinski definition) is 1. The Balaban J connectivity index is 2.84. The van der Waals surface area contributed by atoms with Crippen LogP contribution in [0.2, 0.25) is 0 Å². The van der Waals surface area contributed by atoms with Crippen molar-refractivity contribution < 1.29 is 0 Å². The first-order chi connectivity index (χ1) is 8.70. The van der Waals surface area contributed by atoms with E-state index in [0.717, 1.165) is 24.0 Å². The van der Waals surface area contributed by atoms with Crippen molar-refractivity contribution >= 4 is 33.9 Å². The maximum atomic E-state index is 5.60. The second-order valence-electron chi connectivity index (χ2n) is 6.21. The molecule has 0 aliphatic heterocycles. The minimum Gasteiger partial charge on any atom is -0.393 e. The molecule has 0 unspecified atom stereocenters. The van der Waals surface area contributed by atoms with E-state index < -0.39 is 0 Å². The van der Waals surface area contributed by atoms with Crippen molar-refractivity contribution in [1.29, 1.82) is 0 Å². The van der Waals surface area contributed by atoms with E-state index >= 15 is 0 Å². The van der Waals surface area contributed by atoms with Gasteiger partial charge in [-0.15, -0.1) is 0 Å². The summed E-state index contributed by atoms with van der Waals surface area (Å²) in [6.45, 7) is 12.5. The summed E-state index contributed by atoms with van der Waals surface area (Å²) >= 11 is 6.42. The van der Waals surface area contributed by atoms with Gasteiger partial charge in [0.25, 0.3) is 0 Å². The zero-order valence-corrected chi connectivity index (χ0v) is 14.1. The minimum absolute atomic E-state index is 0.0125. The molecule has 0 amide bonds. The first kappa shape index (κ1) is 16.3. The van der Waals surface area contributed by atoms with Crippen LogP contribution in [0.25, 0.3) is 0 Å². The van der Waals surface area contributed by atoms with Gasteiger partial charge in [-0.05, 0) is 5.92 Å². The quantitative estimate of drug-likeness (QED) is 0.819. The van der Waals surface area contributed by atoms with E-state index in [1.807, 2.05) is 0 Å². The lowest BCUT2D eigenvalue weighted by molar-refractivity contribution is 0.552. The molecule has 0 aliphatic rings. The summed E-state index contributed by atoms with van der Waals surface area (Å²) in [5.74, 6) is 1.46. The summed E-state index contributed by atoms with van der Waals surface area (Å²) < 4.78 is 4.47. The Labute approximate surface area is 125 Å². The van der Waals surface area contributed by atoms with Crippen LogP contribution >= 0.6 is 23.8 Å². The van der Waals surface area contributed by atoms with Gasteiger partial charge in [-0.3, -0.25) is 0 Å². The summed E-state index contributed by atoms with van der Waals surface area (Å²) in [6.07, 6.45) is 0.715. The smallest absolute Gasteiger partial charge is 0.205 e. The van der Waals surface area contributed by atoms with Crippen molar-refractivity contribution in [3.8, 4) is 0 Å². The lowest BCUT2D eigenvalue weighted by Gasteiger charge is -2.23. The molecule has 0 fully saturated rings. The maximum Gasteiger partial charge on any atom is 0.205 e. The molecule has 1 aromatic heterocycles. The summed E-state index contributed by atoms with van der Waals surface area (Å²) in [6, 6.07) is 0. The van der Waals surface area contributed by atoms with E-state index in [9.17, 15) is 0 Å². The number of rotatable bonds is 6. The monoisotopic (exact) mass is 300 g/mol. The van der Waals surface area contributed by atoms with Crippen LogP contribution < -0.4 is 10.6 Å². The number of thiocarbonyl (C=S) groups is 1. The number of nitrogens with zero attached hydrogens (tertiary/aromatic N) is 3. The Kier molecular flexibility index (Phi) is 5.67. The van der Waals surface area contributed by atoms with Gasteiger partial charge in [-0.1, -0.05) is 46.8 Å². The predicted molar refractivity (Wildman–Crippen MR) is 87.1 cm³/mol. The van der Waals surface area contributed by atoms with Gasteiger partial charge < -0.3 is 10.6 Å². The van der Waals surface area contributed by atoms with E-state index in [0.29, 0.717) is 17.3 Å². The van der Waals surface area contributed by atoms with E-state index in [1.54, 1.807) is 0 Å². The summed E-state index contributed by atoms with van der Waals surface area (Å²) in [5, 5.41) is 0.967. The highest BCUT2D eigenvalue weighted by Crippen LogP contribution is 2.26. The zero-order valence-electron chi connectivity index (χ0n) is 12.4. The summed E-state index contributed by atoms with van der Waals surface area (Å²) in [4.78, 5) is 7.45. The first-order valence-electron chi connectivity index (χ1n) is 6.57. The molecular weight excluding hydrogens is 276 g/mol. The molecule has 0 spiro atoms. The number of aromatic nitrogens is 2. The van der Waals surface area contributed by atoms with Gasteiger partial charge >= 0.3 is 0 Å². The number of anilines is 1. The fraction of sp³-hybridized carbons (Fsp3) is 0.769. The fourth-order valence-electron chi connectivity index (χ4n) is 1.60. The Morgan fingerprint density at radius 2 is 2.05 bits per heavy atom. The van der Waals surface area contributed by atoms with Gasteiger partial charge in [0.05, 0.1) is 4.99 Å². The van der Waals surface area contributed by atoms with E-state index in [1.165, 1.54) is 11.5 Å². The first-order valence-corrected chi connectivity index (χ1v) is 7.75. The molecule has 2 N–H and O–H groups in total. The maximum absolute atomic E-state index is 5.60. The lowest BCUT2D eigenvalue weighted by Crippen LogP contribution is -2.31. The highest BCUT2D eigenvalue weighted by atomic mass is 32.1. The molecule has 4 nitrogen and oxygen atoms in total. The lowest BCUT2D eigenvalue weighted by atomic mass is 9.96. The van der Waals surface area contributed by atoms with Gasteiger partial charge in [-0.25, -0.2) is 4.98 Å². The molecule has 0 radical (unpaired) electrons. The largest absolute Gasteiger partial charge is 0.393 e. The Bertz CT molecular complexity index is 421. The highest BCUT2D eigenvalue weighted by molar-refractivity contribution is 7.80. The number of nitrogens with two attached hydrogens (primary N) is 1. The Morgan fingerprint density at radius 3 is 2.47 bits per heavy atom. The van der Waals surface area contributed by atoms with Crippen molar-refractivity contribution in [3.05, 3.63) is 5.82 Å². The van der Waals surface area contributed by atoms with Crippen molar-refractivity contribution in [2.45, 2.75) is 46.5 Å². The van der Waals surface area contributed by atoms with Crippen LogP contribution in [0.3, 0.4) is 0 Å². The van der Waals surface area contributed by atoms with Crippen LogP contribution in [-0.4, -0.2) is 27.4 Å². The molecule has 19 heavy (non-hydrogen) atoms. The molecule has 0 saturated heterocycles. The summed E-state index contributed by atoms with van der Waals surface area (Å²) in [5.41, 5.74) is 5.58. The van der Waals surface area contributed by atoms with Gasteiger partial charge in [0, 0.05) is 36.5 Å². The van der Waals surface area contributed by atoms with E-state index in [4.69, 9.17) is 18.0 Å². The molecule has 108 valence electrons. The molecule has 0 bridgehead atoms. The van der Waals surface area contributed by atoms with Crippen molar-refractivity contribution in [3.63, 3.8) is 0 Å². The van der Waals surface area contributed by atoms with E-state index in [-0.39, 0.29) is 5.41 Å². The standard InChI is InChI=1S/C13H24N4S2/c1-9(2)8-17(7-6-10(14)18)12-15-11(16-19-12)13(3,4)5/h9H,6-8H2,1-5H3,(H2,14,18). The SMILES string of the molecule is CC(C)CN(CCC(N)=S)c1nc(C(C)(C)C)ns1. The molecular formula is C13H24N4S2. The second kappa shape index (κ2) is 6.61. The van der Waals surface area contributed by atoms with Crippen molar-refractivity contribution in [1.82, 2.24) is 9.36 Å². The molecule has 1 heterocycles. The van der Waals surface area contributed by atoms with Crippen LogP contribution in [0.4, 0.5) is 5.13 Å². The normalized spacial score (nSPS) is 11.9. The van der Waals surface area contributed by atoms with Gasteiger partial charge in [0.2, 0.25) is 5.13 Å². The topological polar surface area (TPSA) is 55.0 Å². The van der Waals surface area contributed by atoms with Crippen LogP contribution in [0, 0.1) is 5.92 Å².